The van der Waals surface area contributed by atoms with Crippen LogP contribution < -0.4 is 5.73 Å². The summed E-state index contributed by atoms with van der Waals surface area (Å²) < 4.78 is 43.3. The highest BCUT2D eigenvalue weighted by atomic mass is 19.4. The SMILES string of the molecule is CCN(CC(F)(F)F)CC1(N)C2CCOC2C1(C)C. The molecule has 0 aromatic rings. The molecule has 112 valence electrons. The topological polar surface area (TPSA) is 38.5 Å². The van der Waals surface area contributed by atoms with E-state index in [0.29, 0.717) is 13.2 Å². The average molecular weight is 280 g/mol. The Morgan fingerprint density at radius 2 is 2.00 bits per heavy atom. The summed E-state index contributed by atoms with van der Waals surface area (Å²) in [5, 5.41) is 0. The molecule has 0 aromatic heterocycles. The van der Waals surface area contributed by atoms with Crippen LogP contribution in [0.25, 0.3) is 0 Å². The molecule has 0 aromatic carbocycles. The van der Waals surface area contributed by atoms with Crippen molar-refractivity contribution >= 4 is 0 Å². The molecule has 0 amide bonds. The Kier molecular flexibility index (Phi) is 3.65. The number of nitrogens with zero attached hydrogens (tertiary/aromatic N) is 1. The number of alkyl halides is 3. The average Bonchev–Trinajstić information content (AvgIpc) is 2.73. The number of rotatable bonds is 4. The van der Waals surface area contributed by atoms with Gasteiger partial charge in [0.05, 0.1) is 12.6 Å². The normalized spacial score (nSPS) is 37.3. The van der Waals surface area contributed by atoms with Gasteiger partial charge in [0.1, 0.15) is 0 Å². The van der Waals surface area contributed by atoms with Crippen LogP contribution in [0, 0.1) is 11.3 Å². The molecule has 6 heteroatoms. The molecule has 0 spiro atoms. The number of halogens is 3. The van der Waals surface area contributed by atoms with Gasteiger partial charge in [-0.3, -0.25) is 4.90 Å². The number of ether oxygens (including phenoxy) is 1. The molecule has 0 bridgehead atoms. The quantitative estimate of drug-likeness (QED) is 0.856. The van der Waals surface area contributed by atoms with Crippen molar-refractivity contribution in [3.63, 3.8) is 0 Å². The standard InChI is InChI=1S/C13H23F3N2O/c1-4-18(8-13(14,15)16)7-12(17)9-5-6-19-10(9)11(12,2)3/h9-10H,4-8,17H2,1-3H3. The molecule has 2 fully saturated rings. The van der Waals surface area contributed by atoms with Crippen molar-refractivity contribution in [1.82, 2.24) is 4.90 Å². The van der Waals surface area contributed by atoms with Crippen molar-refractivity contribution in [3.05, 3.63) is 0 Å². The first-order valence-electron chi connectivity index (χ1n) is 6.81. The molecule has 1 saturated heterocycles. The van der Waals surface area contributed by atoms with Gasteiger partial charge in [0, 0.05) is 30.0 Å². The zero-order chi connectivity index (χ0) is 14.5. The Hall–Kier alpha value is -0.330. The molecule has 2 N–H and O–H groups in total. The largest absolute Gasteiger partial charge is 0.401 e. The Morgan fingerprint density at radius 3 is 2.53 bits per heavy atom. The number of fused-ring (bicyclic) bond motifs is 1. The Labute approximate surface area is 112 Å². The summed E-state index contributed by atoms with van der Waals surface area (Å²) in [7, 11) is 0. The summed E-state index contributed by atoms with van der Waals surface area (Å²) in [6, 6.07) is 0. The van der Waals surface area contributed by atoms with E-state index >= 15 is 0 Å². The number of hydrogen-bond acceptors (Lipinski definition) is 3. The molecular formula is C13H23F3N2O. The van der Waals surface area contributed by atoms with Gasteiger partial charge in [0.25, 0.3) is 0 Å². The maximum atomic E-state index is 12.5. The summed E-state index contributed by atoms with van der Waals surface area (Å²) in [6.07, 6.45) is -3.22. The minimum absolute atomic E-state index is 0.0992. The van der Waals surface area contributed by atoms with E-state index in [1.54, 1.807) is 6.92 Å². The van der Waals surface area contributed by atoms with Crippen LogP contribution in [0.5, 0.6) is 0 Å². The van der Waals surface area contributed by atoms with Gasteiger partial charge < -0.3 is 10.5 Å². The predicted octanol–water partition coefficient (Wildman–Crippen LogP) is 2.01. The second-order valence-corrected chi connectivity index (χ2v) is 6.37. The molecule has 3 nitrogen and oxygen atoms in total. The fourth-order valence-corrected chi connectivity index (χ4v) is 3.70. The van der Waals surface area contributed by atoms with Gasteiger partial charge in [-0.2, -0.15) is 13.2 Å². The molecule has 1 aliphatic carbocycles. The molecule has 1 saturated carbocycles. The first-order valence-corrected chi connectivity index (χ1v) is 6.81. The zero-order valence-corrected chi connectivity index (χ0v) is 11.8. The summed E-state index contributed by atoms with van der Waals surface area (Å²) in [6.45, 7) is 6.15. The second kappa shape index (κ2) is 4.60. The van der Waals surface area contributed by atoms with Crippen LogP contribution >= 0.6 is 0 Å². The van der Waals surface area contributed by atoms with E-state index in [1.807, 2.05) is 13.8 Å². The van der Waals surface area contributed by atoms with Crippen LogP contribution in [-0.4, -0.2) is 49.0 Å². The Balaban J connectivity index is 2.08. The summed E-state index contributed by atoms with van der Waals surface area (Å²) in [5.41, 5.74) is 5.61. The zero-order valence-electron chi connectivity index (χ0n) is 11.8. The van der Waals surface area contributed by atoms with Gasteiger partial charge in [-0.25, -0.2) is 0 Å². The van der Waals surface area contributed by atoms with Gasteiger partial charge in [-0.15, -0.1) is 0 Å². The third kappa shape index (κ3) is 2.38. The van der Waals surface area contributed by atoms with E-state index in [-0.39, 0.29) is 24.0 Å². The fourth-order valence-electron chi connectivity index (χ4n) is 3.70. The lowest BCUT2D eigenvalue weighted by molar-refractivity contribution is -0.180. The van der Waals surface area contributed by atoms with Crippen LogP contribution in [-0.2, 0) is 4.74 Å². The van der Waals surface area contributed by atoms with Crippen LogP contribution in [0.15, 0.2) is 0 Å². The molecular weight excluding hydrogens is 257 g/mol. The second-order valence-electron chi connectivity index (χ2n) is 6.37. The molecule has 2 rings (SSSR count). The lowest BCUT2D eigenvalue weighted by atomic mass is 9.48. The van der Waals surface area contributed by atoms with E-state index in [1.165, 1.54) is 4.90 Å². The van der Waals surface area contributed by atoms with Crippen molar-refractivity contribution in [2.75, 3.05) is 26.2 Å². The van der Waals surface area contributed by atoms with Crippen LogP contribution in [0.1, 0.15) is 27.2 Å². The van der Waals surface area contributed by atoms with Crippen molar-refractivity contribution in [2.24, 2.45) is 17.1 Å². The fraction of sp³-hybridized carbons (Fsp3) is 1.00. The number of nitrogens with two attached hydrogens (primary N) is 1. The van der Waals surface area contributed by atoms with Crippen molar-refractivity contribution in [1.29, 1.82) is 0 Å². The highest BCUT2D eigenvalue weighted by molar-refractivity contribution is 5.21. The van der Waals surface area contributed by atoms with Crippen molar-refractivity contribution < 1.29 is 17.9 Å². The maximum absolute atomic E-state index is 12.5. The van der Waals surface area contributed by atoms with Gasteiger partial charge in [-0.1, -0.05) is 20.8 Å². The third-order valence-electron chi connectivity index (χ3n) is 5.00. The molecule has 3 unspecified atom stereocenters. The van der Waals surface area contributed by atoms with E-state index < -0.39 is 18.3 Å². The smallest absolute Gasteiger partial charge is 0.377 e. The predicted molar refractivity (Wildman–Crippen MR) is 66.7 cm³/mol. The lowest BCUT2D eigenvalue weighted by Gasteiger charge is -2.63. The van der Waals surface area contributed by atoms with Crippen LogP contribution in [0.3, 0.4) is 0 Å². The molecule has 19 heavy (non-hydrogen) atoms. The third-order valence-corrected chi connectivity index (χ3v) is 5.00. The monoisotopic (exact) mass is 280 g/mol. The van der Waals surface area contributed by atoms with E-state index in [4.69, 9.17) is 10.5 Å². The molecule has 1 aliphatic heterocycles. The molecule has 3 atom stereocenters. The highest BCUT2D eigenvalue weighted by Crippen LogP contribution is 2.58. The maximum Gasteiger partial charge on any atom is 0.401 e. The minimum Gasteiger partial charge on any atom is -0.377 e. The summed E-state index contributed by atoms with van der Waals surface area (Å²) in [4.78, 5) is 1.40. The van der Waals surface area contributed by atoms with E-state index in [2.05, 4.69) is 0 Å². The van der Waals surface area contributed by atoms with Crippen LogP contribution in [0.2, 0.25) is 0 Å². The van der Waals surface area contributed by atoms with Gasteiger partial charge in [0.15, 0.2) is 0 Å². The summed E-state index contributed by atoms with van der Waals surface area (Å²) in [5.74, 6) is 0.185. The minimum atomic E-state index is -4.17. The van der Waals surface area contributed by atoms with Crippen molar-refractivity contribution in [2.45, 2.75) is 45.0 Å². The molecule has 2 aliphatic rings. The number of likely N-dealkylation sites (N-methyl/N-ethyl adjacent to an activating group) is 1. The van der Waals surface area contributed by atoms with Gasteiger partial charge in [0.2, 0.25) is 0 Å². The first-order chi connectivity index (χ1) is 8.62. The van der Waals surface area contributed by atoms with E-state index in [9.17, 15) is 13.2 Å². The Bertz CT molecular complexity index is 345. The van der Waals surface area contributed by atoms with Crippen molar-refractivity contribution in [3.8, 4) is 0 Å². The van der Waals surface area contributed by atoms with Gasteiger partial charge in [-0.05, 0) is 13.0 Å². The summed E-state index contributed by atoms with van der Waals surface area (Å²) >= 11 is 0. The molecule has 1 heterocycles. The number of hydrogen-bond donors (Lipinski definition) is 1. The first kappa shape index (κ1) is 15.1. The lowest BCUT2D eigenvalue weighted by Crippen LogP contribution is -2.78. The highest BCUT2D eigenvalue weighted by Gasteiger charge is 2.67. The van der Waals surface area contributed by atoms with E-state index in [0.717, 1.165) is 6.42 Å². The van der Waals surface area contributed by atoms with Gasteiger partial charge >= 0.3 is 6.18 Å². The van der Waals surface area contributed by atoms with Crippen LogP contribution in [0.4, 0.5) is 13.2 Å². The molecule has 0 radical (unpaired) electrons. The Morgan fingerprint density at radius 1 is 1.37 bits per heavy atom.